The Morgan fingerprint density at radius 1 is 1.14 bits per heavy atom. The number of carboxylic acids is 1. The third-order valence-electron chi connectivity index (χ3n) is 8.69. The molecule has 2 saturated heterocycles. The van der Waals surface area contributed by atoms with Gasteiger partial charge in [-0.05, 0) is 82.2 Å². The van der Waals surface area contributed by atoms with Crippen LogP contribution in [0.2, 0.25) is 5.02 Å². The SMILES string of the molecule is Cc1ccc(C(=O)O)cc1N(CCC1CN(C)CCO1)CCN1CCC(c2cccc(OCc3ccc(Cl)cc3F)n2)CC1. The molecule has 1 N–H and O–H groups in total. The molecule has 236 valence electrons. The molecule has 3 aromatic rings. The minimum atomic E-state index is -0.911. The number of piperidine rings is 1. The number of anilines is 1. The van der Waals surface area contributed by atoms with Crippen LogP contribution in [0, 0.1) is 12.7 Å². The van der Waals surface area contributed by atoms with Crippen LogP contribution in [0.5, 0.6) is 5.88 Å². The second-order valence-electron chi connectivity index (χ2n) is 11.9. The lowest BCUT2D eigenvalue weighted by atomic mass is 9.93. The van der Waals surface area contributed by atoms with E-state index in [1.54, 1.807) is 30.3 Å². The molecular formula is C34H42ClFN4O4. The van der Waals surface area contributed by atoms with Crippen LogP contribution in [0.1, 0.15) is 52.4 Å². The highest BCUT2D eigenvalue weighted by atomic mass is 35.5. The third-order valence-corrected chi connectivity index (χ3v) is 8.92. The first kappa shape index (κ1) is 32.2. The Labute approximate surface area is 264 Å². The molecule has 0 bridgehead atoms. The number of nitrogens with zero attached hydrogens (tertiary/aromatic N) is 4. The van der Waals surface area contributed by atoms with Gasteiger partial charge in [-0.25, -0.2) is 14.2 Å². The topological polar surface area (TPSA) is 78.4 Å². The molecule has 2 aliphatic rings. The Bertz CT molecular complexity index is 1420. The molecule has 1 atom stereocenters. The predicted molar refractivity (Wildman–Crippen MR) is 171 cm³/mol. The maximum atomic E-state index is 14.2. The lowest BCUT2D eigenvalue weighted by Gasteiger charge is -2.36. The van der Waals surface area contributed by atoms with Gasteiger partial charge >= 0.3 is 5.97 Å². The molecule has 10 heteroatoms. The fraction of sp³-hybridized carbons (Fsp3) is 0.471. The quantitative estimate of drug-likeness (QED) is 0.268. The zero-order valence-electron chi connectivity index (χ0n) is 25.6. The van der Waals surface area contributed by atoms with Crippen molar-refractivity contribution in [3.8, 4) is 5.88 Å². The highest BCUT2D eigenvalue weighted by Gasteiger charge is 2.24. The molecule has 0 spiro atoms. The molecule has 2 aromatic carbocycles. The number of aromatic carboxylic acids is 1. The number of ether oxygens (including phenoxy) is 2. The van der Waals surface area contributed by atoms with Gasteiger partial charge in [-0.15, -0.1) is 0 Å². The number of rotatable bonds is 12. The Morgan fingerprint density at radius 3 is 2.70 bits per heavy atom. The number of benzene rings is 2. The third kappa shape index (κ3) is 8.69. The Hall–Kier alpha value is -3.24. The van der Waals surface area contributed by atoms with Crippen molar-refractivity contribution in [3.05, 3.63) is 87.8 Å². The van der Waals surface area contributed by atoms with Gasteiger partial charge in [-0.1, -0.05) is 29.8 Å². The summed E-state index contributed by atoms with van der Waals surface area (Å²) in [5, 5.41) is 9.99. The van der Waals surface area contributed by atoms with Crippen molar-refractivity contribution in [1.82, 2.24) is 14.8 Å². The van der Waals surface area contributed by atoms with Crippen molar-refractivity contribution in [1.29, 1.82) is 0 Å². The normalized spacial score (nSPS) is 18.3. The van der Waals surface area contributed by atoms with E-state index in [0.717, 1.165) is 88.6 Å². The molecule has 44 heavy (non-hydrogen) atoms. The smallest absolute Gasteiger partial charge is 0.335 e. The van der Waals surface area contributed by atoms with Crippen LogP contribution in [-0.4, -0.2) is 91.4 Å². The van der Waals surface area contributed by atoms with Crippen LogP contribution in [-0.2, 0) is 11.3 Å². The number of aryl methyl sites for hydroxylation is 1. The van der Waals surface area contributed by atoms with E-state index in [1.807, 2.05) is 25.1 Å². The van der Waals surface area contributed by atoms with Gasteiger partial charge in [0, 0.05) is 66.7 Å². The Morgan fingerprint density at radius 2 is 1.95 bits per heavy atom. The van der Waals surface area contributed by atoms with E-state index in [0.29, 0.717) is 27.9 Å². The lowest BCUT2D eigenvalue weighted by Crippen LogP contribution is -2.43. The predicted octanol–water partition coefficient (Wildman–Crippen LogP) is 5.87. The van der Waals surface area contributed by atoms with E-state index in [-0.39, 0.29) is 18.5 Å². The van der Waals surface area contributed by atoms with E-state index in [4.69, 9.17) is 26.1 Å². The van der Waals surface area contributed by atoms with Crippen LogP contribution < -0.4 is 9.64 Å². The fourth-order valence-electron chi connectivity index (χ4n) is 6.02. The molecule has 1 aromatic heterocycles. The monoisotopic (exact) mass is 624 g/mol. The molecule has 3 heterocycles. The number of hydrogen-bond acceptors (Lipinski definition) is 7. The summed E-state index contributed by atoms with van der Waals surface area (Å²) in [6.45, 7) is 9.13. The summed E-state index contributed by atoms with van der Waals surface area (Å²) in [6, 6.07) is 15.7. The highest BCUT2D eigenvalue weighted by Crippen LogP contribution is 2.29. The maximum Gasteiger partial charge on any atom is 0.335 e. The fourth-order valence-corrected chi connectivity index (χ4v) is 6.18. The first-order chi connectivity index (χ1) is 21.2. The van der Waals surface area contributed by atoms with Crippen molar-refractivity contribution in [2.75, 3.05) is 64.4 Å². The molecule has 0 saturated carbocycles. The maximum absolute atomic E-state index is 14.2. The number of morpholine rings is 1. The number of likely N-dealkylation sites (tertiary alicyclic amines) is 1. The van der Waals surface area contributed by atoms with Gasteiger partial charge in [0.05, 0.1) is 18.3 Å². The molecule has 1 unspecified atom stereocenters. The second-order valence-corrected chi connectivity index (χ2v) is 12.3. The van der Waals surface area contributed by atoms with Crippen LogP contribution >= 0.6 is 11.6 Å². The van der Waals surface area contributed by atoms with Crippen LogP contribution in [0.15, 0.2) is 54.6 Å². The second kappa shape index (κ2) is 15.2. The van der Waals surface area contributed by atoms with Crippen molar-refractivity contribution < 1.29 is 23.8 Å². The summed E-state index contributed by atoms with van der Waals surface area (Å²) in [5.74, 6) is -0.486. The summed E-state index contributed by atoms with van der Waals surface area (Å²) in [4.78, 5) is 23.6. The molecule has 0 radical (unpaired) electrons. The average molecular weight is 625 g/mol. The number of carboxylic acid groups (broad SMARTS) is 1. The molecule has 8 nitrogen and oxygen atoms in total. The zero-order valence-corrected chi connectivity index (χ0v) is 26.3. The van der Waals surface area contributed by atoms with Gasteiger partial charge in [0.15, 0.2) is 0 Å². The number of pyridine rings is 1. The molecule has 2 fully saturated rings. The van der Waals surface area contributed by atoms with Crippen molar-refractivity contribution in [2.45, 2.75) is 44.8 Å². The van der Waals surface area contributed by atoms with E-state index in [2.05, 4.69) is 21.7 Å². The highest BCUT2D eigenvalue weighted by molar-refractivity contribution is 6.30. The molecule has 5 rings (SSSR count). The lowest BCUT2D eigenvalue weighted by molar-refractivity contribution is -0.0220. The summed E-state index contributed by atoms with van der Waals surface area (Å²) < 4.78 is 26.0. The number of hydrogen-bond donors (Lipinski definition) is 1. The largest absolute Gasteiger partial charge is 0.478 e. The van der Waals surface area contributed by atoms with Gasteiger partial charge in [0.2, 0.25) is 5.88 Å². The summed E-state index contributed by atoms with van der Waals surface area (Å²) in [7, 11) is 2.12. The van der Waals surface area contributed by atoms with E-state index < -0.39 is 5.97 Å². The number of carbonyl (C=O) groups is 1. The zero-order chi connectivity index (χ0) is 31.1. The number of likely N-dealkylation sites (N-methyl/N-ethyl adjacent to an activating group) is 1. The summed E-state index contributed by atoms with van der Waals surface area (Å²) in [5.41, 5.74) is 3.79. The molecule has 0 aliphatic carbocycles. The van der Waals surface area contributed by atoms with Crippen LogP contribution in [0.25, 0.3) is 0 Å². The Balaban J connectivity index is 1.17. The van der Waals surface area contributed by atoms with E-state index in [9.17, 15) is 14.3 Å². The minimum absolute atomic E-state index is 0.0901. The standard InChI is InChI=1S/C34H42ClFN4O4/c1-24-6-7-26(34(41)42)20-32(24)40(15-12-29-22-38(2)18-19-43-29)17-16-39-13-10-25(11-14-39)31-4-3-5-33(37-31)44-23-27-8-9-28(35)21-30(27)36/h3-9,20-21,25,29H,10-19,22-23H2,1-2H3,(H,41,42). The average Bonchev–Trinajstić information content (AvgIpc) is 3.01. The van der Waals surface area contributed by atoms with Crippen LogP contribution in [0.3, 0.4) is 0 Å². The van der Waals surface area contributed by atoms with Gasteiger partial charge in [0.1, 0.15) is 12.4 Å². The van der Waals surface area contributed by atoms with Gasteiger partial charge in [-0.2, -0.15) is 0 Å². The Kier molecular flexibility index (Phi) is 11.1. The summed E-state index contributed by atoms with van der Waals surface area (Å²) >= 11 is 5.86. The van der Waals surface area contributed by atoms with Crippen LogP contribution in [0.4, 0.5) is 10.1 Å². The van der Waals surface area contributed by atoms with E-state index >= 15 is 0 Å². The van der Waals surface area contributed by atoms with Crippen molar-refractivity contribution in [3.63, 3.8) is 0 Å². The molecule has 2 aliphatic heterocycles. The number of halogens is 2. The molecule has 0 amide bonds. The van der Waals surface area contributed by atoms with Gasteiger partial charge in [0.25, 0.3) is 0 Å². The molecular weight excluding hydrogens is 583 g/mol. The van der Waals surface area contributed by atoms with Gasteiger partial charge in [-0.3, -0.25) is 0 Å². The first-order valence-corrected chi connectivity index (χ1v) is 15.8. The minimum Gasteiger partial charge on any atom is -0.478 e. The van der Waals surface area contributed by atoms with Crippen molar-refractivity contribution in [2.24, 2.45) is 0 Å². The van der Waals surface area contributed by atoms with Gasteiger partial charge < -0.3 is 29.3 Å². The number of aromatic nitrogens is 1. The summed E-state index contributed by atoms with van der Waals surface area (Å²) in [6.07, 6.45) is 3.03. The van der Waals surface area contributed by atoms with Crippen molar-refractivity contribution >= 4 is 23.3 Å². The van der Waals surface area contributed by atoms with E-state index in [1.165, 1.54) is 6.07 Å². The first-order valence-electron chi connectivity index (χ1n) is 15.4.